The normalized spacial score (nSPS) is 15.9. The lowest BCUT2D eigenvalue weighted by Crippen LogP contribution is -2.43. The number of hydrogen-bond acceptors (Lipinski definition) is 6. The Bertz CT molecular complexity index is 1190. The van der Waals surface area contributed by atoms with Crippen LogP contribution in [0.1, 0.15) is 46.9 Å². The van der Waals surface area contributed by atoms with E-state index in [2.05, 4.69) is 45.3 Å². The molecule has 0 unspecified atom stereocenters. The Balaban J connectivity index is 1.15. The van der Waals surface area contributed by atoms with Crippen LogP contribution in [0.2, 0.25) is 0 Å². The van der Waals surface area contributed by atoms with Gasteiger partial charge in [0.2, 0.25) is 0 Å². The fourth-order valence-electron chi connectivity index (χ4n) is 5.14. The molecular formula is C28H34N6O. The van der Waals surface area contributed by atoms with Crippen molar-refractivity contribution in [3.05, 3.63) is 77.2 Å². The summed E-state index contributed by atoms with van der Waals surface area (Å²) in [5.74, 6) is 0.778. The predicted molar refractivity (Wildman–Crippen MR) is 141 cm³/mol. The van der Waals surface area contributed by atoms with Gasteiger partial charge < -0.3 is 20.9 Å². The Hall–Kier alpha value is -3.45. The van der Waals surface area contributed by atoms with Gasteiger partial charge in [0, 0.05) is 43.1 Å². The molecule has 2 aromatic carbocycles. The second-order valence-corrected chi connectivity index (χ2v) is 9.45. The maximum Gasteiger partial charge on any atom is 0.277 e. The number of aryl methyl sites for hydroxylation is 1. The number of carbonyl (C=O) groups excluding carboxylic acids is 1. The fraction of sp³-hybridized carbons (Fsp3) is 0.393. The molecule has 3 N–H and O–H groups in total. The first-order valence-corrected chi connectivity index (χ1v) is 12.7. The van der Waals surface area contributed by atoms with Crippen LogP contribution >= 0.6 is 0 Å². The first-order chi connectivity index (χ1) is 17.1. The Morgan fingerprint density at radius 3 is 2.74 bits per heavy atom. The van der Waals surface area contributed by atoms with Crippen molar-refractivity contribution in [2.24, 2.45) is 0 Å². The van der Waals surface area contributed by atoms with E-state index >= 15 is 0 Å². The Labute approximate surface area is 207 Å². The van der Waals surface area contributed by atoms with Crippen molar-refractivity contribution in [3.63, 3.8) is 0 Å². The molecule has 5 rings (SSSR count). The molecule has 7 nitrogen and oxygen atoms in total. The monoisotopic (exact) mass is 470 g/mol. The van der Waals surface area contributed by atoms with Crippen LogP contribution in [0.3, 0.4) is 0 Å². The SMILES string of the molecule is CCc1ccc(N)c(CCNC2CCN(c3cc(C(=O)N4CCc5ccccc54)ncn3)CC2)c1. The standard InChI is InChI=1S/C28H34N6O/c1-2-20-7-8-24(29)22(17-20)9-13-30-23-11-14-33(15-12-23)27-18-25(31-19-32-27)28(35)34-16-10-21-5-3-4-6-26(21)34/h3-8,17-19,23,30H,2,9-16,29H2,1H3. The smallest absolute Gasteiger partial charge is 0.277 e. The minimum absolute atomic E-state index is 0.0541. The van der Waals surface area contributed by atoms with E-state index in [0.29, 0.717) is 18.3 Å². The number of aromatic nitrogens is 2. The number of nitrogens with two attached hydrogens (primary N) is 1. The van der Waals surface area contributed by atoms with Crippen molar-refractivity contribution in [2.75, 3.05) is 41.7 Å². The molecule has 0 atom stereocenters. The zero-order valence-corrected chi connectivity index (χ0v) is 20.4. The van der Waals surface area contributed by atoms with E-state index in [-0.39, 0.29) is 5.91 Å². The minimum Gasteiger partial charge on any atom is -0.399 e. The average molecular weight is 471 g/mol. The molecule has 7 heteroatoms. The van der Waals surface area contributed by atoms with Crippen LogP contribution in [0.5, 0.6) is 0 Å². The summed E-state index contributed by atoms with van der Waals surface area (Å²) in [5, 5.41) is 3.71. The summed E-state index contributed by atoms with van der Waals surface area (Å²) in [5.41, 5.74) is 12.3. The molecule has 2 aliphatic rings. The van der Waals surface area contributed by atoms with Gasteiger partial charge >= 0.3 is 0 Å². The molecule has 0 aliphatic carbocycles. The number of carbonyl (C=O) groups is 1. The van der Waals surface area contributed by atoms with E-state index in [9.17, 15) is 4.79 Å². The zero-order chi connectivity index (χ0) is 24.2. The molecule has 3 heterocycles. The summed E-state index contributed by atoms with van der Waals surface area (Å²) in [6.07, 6.45) is 6.45. The number of para-hydroxylation sites is 1. The molecule has 35 heavy (non-hydrogen) atoms. The van der Waals surface area contributed by atoms with E-state index in [0.717, 1.165) is 68.9 Å². The number of nitrogens with zero attached hydrogens (tertiary/aromatic N) is 4. The van der Waals surface area contributed by atoms with Gasteiger partial charge in [-0.1, -0.05) is 37.3 Å². The van der Waals surface area contributed by atoms with Gasteiger partial charge in [-0.25, -0.2) is 9.97 Å². The lowest BCUT2D eigenvalue weighted by atomic mass is 10.0. The second kappa shape index (κ2) is 10.4. The lowest BCUT2D eigenvalue weighted by molar-refractivity contribution is 0.0984. The lowest BCUT2D eigenvalue weighted by Gasteiger charge is -2.33. The van der Waals surface area contributed by atoms with E-state index in [1.807, 2.05) is 35.2 Å². The average Bonchev–Trinajstić information content (AvgIpc) is 3.34. The van der Waals surface area contributed by atoms with Crippen LogP contribution < -0.4 is 20.9 Å². The highest BCUT2D eigenvalue weighted by molar-refractivity contribution is 6.06. The van der Waals surface area contributed by atoms with Gasteiger partial charge in [0.15, 0.2) is 0 Å². The van der Waals surface area contributed by atoms with Crippen molar-refractivity contribution in [1.82, 2.24) is 15.3 Å². The Kier molecular flexibility index (Phi) is 6.95. The molecule has 3 aromatic rings. The number of benzene rings is 2. The number of nitrogen functional groups attached to an aromatic ring is 1. The number of nitrogens with one attached hydrogen (secondary N) is 1. The van der Waals surface area contributed by atoms with Gasteiger partial charge in [-0.2, -0.15) is 0 Å². The maximum absolute atomic E-state index is 13.2. The van der Waals surface area contributed by atoms with Gasteiger partial charge in [0.05, 0.1) is 0 Å². The summed E-state index contributed by atoms with van der Waals surface area (Å²) < 4.78 is 0. The summed E-state index contributed by atoms with van der Waals surface area (Å²) in [4.78, 5) is 26.1. The highest BCUT2D eigenvalue weighted by Gasteiger charge is 2.27. The second-order valence-electron chi connectivity index (χ2n) is 9.45. The molecule has 1 fully saturated rings. The summed E-state index contributed by atoms with van der Waals surface area (Å²) in [6, 6.07) is 16.8. The summed E-state index contributed by atoms with van der Waals surface area (Å²) >= 11 is 0. The molecular weight excluding hydrogens is 436 g/mol. The van der Waals surface area contributed by atoms with Crippen LogP contribution in [0.25, 0.3) is 0 Å². The van der Waals surface area contributed by atoms with Crippen LogP contribution in [-0.4, -0.2) is 48.1 Å². The Morgan fingerprint density at radius 2 is 1.91 bits per heavy atom. The highest BCUT2D eigenvalue weighted by Crippen LogP contribution is 2.29. The third-order valence-electron chi connectivity index (χ3n) is 7.27. The van der Waals surface area contributed by atoms with Crippen molar-refractivity contribution in [3.8, 4) is 0 Å². The third kappa shape index (κ3) is 5.15. The van der Waals surface area contributed by atoms with Crippen molar-refractivity contribution >= 4 is 23.1 Å². The molecule has 0 saturated carbocycles. The van der Waals surface area contributed by atoms with Crippen LogP contribution in [0.4, 0.5) is 17.2 Å². The van der Waals surface area contributed by atoms with Crippen LogP contribution in [-0.2, 0) is 19.3 Å². The van der Waals surface area contributed by atoms with Crippen molar-refractivity contribution in [2.45, 2.75) is 45.1 Å². The third-order valence-corrected chi connectivity index (χ3v) is 7.27. The van der Waals surface area contributed by atoms with Crippen molar-refractivity contribution in [1.29, 1.82) is 0 Å². The van der Waals surface area contributed by atoms with Crippen molar-refractivity contribution < 1.29 is 4.79 Å². The van der Waals surface area contributed by atoms with Gasteiger partial charge in [-0.15, -0.1) is 0 Å². The minimum atomic E-state index is -0.0541. The van der Waals surface area contributed by atoms with Gasteiger partial charge in [0.1, 0.15) is 17.8 Å². The molecule has 0 spiro atoms. The molecule has 2 aliphatic heterocycles. The molecule has 182 valence electrons. The summed E-state index contributed by atoms with van der Waals surface area (Å²) in [6.45, 7) is 5.60. The van der Waals surface area contributed by atoms with E-state index < -0.39 is 0 Å². The number of hydrogen-bond donors (Lipinski definition) is 2. The first-order valence-electron chi connectivity index (χ1n) is 12.7. The number of amides is 1. The molecule has 1 saturated heterocycles. The van der Waals surface area contributed by atoms with Crippen LogP contribution in [0.15, 0.2) is 54.9 Å². The molecule has 0 radical (unpaired) electrons. The number of fused-ring (bicyclic) bond motifs is 1. The topological polar surface area (TPSA) is 87.4 Å². The van der Waals surface area contributed by atoms with Gasteiger partial charge in [0.25, 0.3) is 5.91 Å². The highest BCUT2D eigenvalue weighted by atomic mass is 16.2. The maximum atomic E-state index is 13.2. The fourth-order valence-corrected chi connectivity index (χ4v) is 5.14. The quantitative estimate of drug-likeness (QED) is 0.513. The largest absolute Gasteiger partial charge is 0.399 e. The number of rotatable bonds is 7. The number of piperidine rings is 1. The van der Waals surface area contributed by atoms with E-state index in [4.69, 9.17) is 5.73 Å². The predicted octanol–water partition coefficient (Wildman–Crippen LogP) is 3.63. The van der Waals surface area contributed by atoms with Gasteiger partial charge in [-0.3, -0.25) is 4.79 Å². The molecule has 0 bridgehead atoms. The molecule has 1 aromatic heterocycles. The zero-order valence-electron chi connectivity index (χ0n) is 20.4. The van der Waals surface area contributed by atoms with Gasteiger partial charge in [-0.05, 0) is 67.5 Å². The van der Waals surface area contributed by atoms with Crippen LogP contribution in [0, 0.1) is 0 Å². The molecule has 1 amide bonds. The Morgan fingerprint density at radius 1 is 1.09 bits per heavy atom. The number of anilines is 3. The first kappa shape index (κ1) is 23.3. The van der Waals surface area contributed by atoms with E-state index in [1.165, 1.54) is 23.0 Å². The summed E-state index contributed by atoms with van der Waals surface area (Å²) in [7, 11) is 0. The van der Waals surface area contributed by atoms with E-state index in [1.54, 1.807) is 0 Å².